The average Bonchev–Trinajstić information content (AvgIpc) is 3.37. The van der Waals surface area contributed by atoms with Gasteiger partial charge < -0.3 is 54.3 Å². The van der Waals surface area contributed by atoms with Crippen molar-refractivity contribution in [3.63, 3.8) is 0 Å². The van der Waals surface area contributed by atoms with E-state index in [1.54, 1.807) is 13.8 Å². The SMILES string of the molecule is CC(C)C(NC(=O)C(N)CCCN=C(N)N)C(=O)NCC(=O)NC(CCCN=C(N)N)C(=O)N1CCCC1C=O. The van der Waals surface area contributed by atoms with Crippen molar-refractivity contribution >= 4 is 41.8 Å². The minimum Gasteiger partial charge on any atom is -0.370 e. The third-order valence-corrected chi connectivity index (χ3v) is 6.29. The summed E-state index contributed by atoms with van der Waals surface area (Å²) in [6.07, 6.45) is 3.36. The molecule has 0 radical (unpaired) electrons. The summed E-state index contributed by atoms with van der Waals surface area (Å²) in [5.41, 5.74) is 27.1. The number of guanidine groups is 2. The topological polar surface area (TPSA) is 280 Å². The lowest BCUT2D eigenvalue weighted by Crippen LogP contribution is -2.56. The van der Waals surface area contributed by atoms with E-state index < -0.39 is 48.4 Å². The van der Waals surface area contributed by atoms with E-state index in [1.807, 2.05) is 0 Å². The van der Waals surface area contributed by atoms with Crippen molar-refractivity contribution < 1.29 is 24.0 Å². The summed E-state index contributed by atoms with van der Waals surface area (Å²) in [6, 6.07) is -3.30. The molecule has 0 saturated carbocycles. The van der Waals surface area contributed by atoms with Gasteiger partial charge in [-0.15, -0.1) is 0 Å². The molecular weight excluding hydrogens is 522 g/mol. The first-order valence-electron chi connectivity index (χ1n) is 13.4. The Kier molecular flexibility index (Phi) is 15.0. The first-order chi connectivity index (χ1) is 18.9. The molecule has 13 N–H and O–H groups in total. The Morgan fingerprint density at radius 1 is 0.950 bits per heavy atom. The van der Waals surface area contributed by atoms with Crippen LogP contribution >= 0.6 is 0 Å². The Labute approximate surface area is 234 Å². The maximum absolute atomic E-state index is 13.1. The Morgan fingerprint density at radius 2 is 1.55 bits per heavy atom. The predicted molar refractivity (Wildman–Crippen MR) is 150 cm³/mol. The number of nitrogens with one attached hydrogen (secondary N) is 3. The van der Waals surface area contributed by atoms with Crippen molar-refractivity contribution in [1.29, 1.82) is 0 Å². The molecule has 16 heteroatoms. The second-order valence-electron chi connectivity index (χ2n) is 9.95. The van der Waals surface area contributed by atoms with Gasteiger partial charge in [0.2, 0.25) is 23.6 Å². The number of nitrogens with two attached hydrogens (primary N) is 5. The van der Waals surface area contributed by atoms with Crippen molar-refractivity contribution in [2.45, 2.75) is 76.5 Å². The van der Waals surface area contributed by atoms with Crippen LogP contribution in [0.2, 0.25) is 0 Å². The van der Waals surface area contributed by atoms with Crippen LogP contribution in [0.25, 0.3) is 0 Å². The van der Waals surface area contributed by atoms with Crippen LogP contribution in [0.4, 0.5) is 0 Å². The maximum Gasteiger partial charge on any atom is 0.245 e. The molecule has 1 fully saturated rings. The second kappa shape index (κ2) is 17.6. The highest BCUT2D eigenvalue weighted by atomic mass is 16.2. The van der Waals surface area contributed by atoms with E-state index in [4.69, 9.17) is 28.7 Å². The number of hydrogen-bond donors (Lipinski definition) is 8. The molecule has 0 bridgehead atoms. The molecule has 1 aliphatic rings. The van der Waals surface area contributed by atoms with Gasteiger partial charge in [0.15, 0.2) is 11.9 Å². The van der Waals surface area contributed by atoms with Crippen molar-refractivity contribution in [2.75, 3.05) is 26.2 Å². The molecule has 1 heterocycles. The zero-order valence-electron chi connectivity index (χ0n) is 23.3. The van der Waals surface area contributed by atoms with Gasteiger partial charge in [-0.05, 0) is 44.4 Å². The van der Waals surface area contributed by atoms with E-state index in [1.165, 1.54) is 4.90 Å². The summed E-state index contributed by atoms with van der Waals surface area (Å²) in [7, 11) is 0. The molecule has 4 amide bonds. The number of nitrogens with zero attached hydrogens (tertiary/aromatic N) is 3. The predicted octanol–water partition coefficient (Wildman–Crippen LogP) is -3.65. The second-order valence-corrected chi connectivity index (χ2v) is 9.95. The van der Waals surface area contributed by atoms with E-state index in [2.05, 4.69) is 25.9 Å². The van der Waals surface area contributed by atoms with Crippen LogP contribution in [-0.4, -0.2) is 97.1 Å². The quantitative estimate of drug-likeness (QED) is 0.0369. The summed E-state index contributed by atoms with van der Waals surface area (Å²) < 4.78 is 0. The molecule has 0 aromatic heterocycles. The summed E-state index contributed by atoms with van der Waals surface area (Å²) in [6.45, 7) is 4.02. The van der Waals surface area contributed by atoms with Crippen molar-refractivity contribution in [1.82, 2.24) is 20.9 Å². The molecule has 0 aromatic rings. The van der Waals surface area contributed by atoms with Gasteiger partial charge in [-0.2, -0.15) is 0 Å². The fourth-order valence-electron chi connectivity index (χ4n) is 4.14. The van der Waals surface area contributed by atoms with E-state index in [-0.39, 0.29) is 36.7 Å². The van der Waals surface area contributed by atoms with E-state index in [9.17, 15) is 24.0 Å². The van der Waals surface area contributed by atoms with Crippen LogP contribution in [-0.2, 0) is 24.0 Å². The lowest BCUT2D eigenvalue weighted by Gasteiger charge is -2.27. The fraction of sp³-hybridized carbons (Fsp3) is 0.708. The normalized spacial score (nSPS) is 16.8. The first-order valence-corrected chi connectivity index (χ1v) is 13.4. The molecule has 4 unspecified atom stereocenters. The first kappa shape index (κ1) is 34.1. The highest BCUT2D eigenvalue weighted by molar-refractivity contribution is 5.93. The van der Waals surface area contributed by atoms with Crippen molar-refractivity contribution in [3.05, 3.63) is 0 Å². The number of likely N-dealkylation sites (tertiary alicyclic amines) is 1. The number of aldehydes is 1. The lowest BCUT2D eigenvalue weighted by molar-refractivity contribution is -0.139. The average molecular weight is 568 g/mol. The number of carbonyl (C=O) groups excluding carboxylic acids is 5. The van der Waals surface area contributed by atoms with Gasteiger partial charge in [0, 0.05) is 19.6 Å². The van der Waals surface area contributed by atoms with Crippen LogP contribution in [0, 0.1) is 5.92 Å². The molecule has 226 valence electrons. The molecule has 16 nitrogen and oxygen atoms in total. The molecule has 40 heavy (non-hydrogen) atoms. The van der Waals surface area contributed by atoms with E-state index in [0.29, 0.717) is 45.2 Å². The van der Waals surface area contributed by atoms with Gasteiger partial charge in [-0.25, -0.2) is 0 Å². The van der Waals surface area contributed by atoms with Gasteiger partial charge in [0.05, 0.1) is 18.6 Å². The third kappa shape index (κ3) is 12.3. The van der Waals surface area contributed by atoms with Crippen LogP contribution < -0.4 is 44.6 Å². The molecular formula is C24H45N11O5. The van der Waals surface area contributed by atoms with Crippen LogP contribution in [0.1, 0.15) is 52.4 Å². The molecule has 1 rings (SSSR count). The molecule has 1 saturated heterocycles. The number of rotatable bonds is 17. The number of aliphatic imine (C=N–C) groups is 2. The Hall–Kier alpha value is -3.95. The van der Waals surface area contributed by atoms with Crippen LogP contribution in [0.5, 0.6) is 0 Å². The minimum absolute atomic E-state index is 0.0542. The molecule has 4 atom stereocenters. The van der Waals surface area contributed by atoms with E-state index >= 15 is 0 Å². The number of carbonyl (C=O) groups is 5. The van der Waals surface area contributed by atoms with Crippen LogP contribution in [0.3, 0.4) is 0 Å². The largest absolute Gasteiger partial charge is 0.370 e. The monoisotopic (exact) mass is 567 g/mol. The summed E-state index contributed by atoms with van der Waals surface area (Å²) in [4.78, 5) is 71.7. The fourth-order valence-corrected chi connectivity index (χ4v) is 4.14. The maximum atomic E-state index is 13.1. The van der Waals surface area contributed by atoms with Gasteiger partial charge in [-0.3, -0.25) is 29.2 Å². The highest BCUT2D eigenvalue weighted by Crippen LogP contribution is 2.18. The lowest BCUT2D eigenvalue weighted by atomic mass is 10.0. The van der Waals surface area contributed by atoms with Gasteiger partial charge in [0.1, 0.15) is 18.4 Å². The summed E-state index contributed by atoms with van der Waals surface area (Å²) >= 11 is 0. The van der Waals surface area contributed by atoms with Crippen molar-refractivity contribution in [2.24, 2.45) is 44.6 Å². The zero-order chi connectivity index (χ0) is 30.2. The molecule has 1 aliphatic heterocycles. The Bertz CT molecular complexity index is 932. The van der Waals surface area contributed by atoms with Gasteiger partial charge in [0.25, 0.3) is 0 Å². The number of amides is 4. The molecule has 0 aromatic carbocycles. The van der Waals surface area contributed by atoms with E-state index in [0.717, 1.165) is 6.29 Å². The molecule has 0 spiro atoms. The Morgan fingerprint density at radius 3 is 2.10 bits per heavy atom. The van der Waals surface area contributed by atoms with Gasteiger partial charge >= 0.3 is 0 Å². The standard InChI is InChI=1S/C24H45N11O5/c1-14(2)19(34-20(38)16(25)7-3-9-30-23(26)27)21(39)32-12-18(37)33-17(8-4-10-31-24(28)29)22(40)35-11-5-6-15(35)13-36/h13-17,19H,3-12,25H2,1-2H3,(H,32,39)(H,33,37)(H,34,38)(H4,26,27,30)(H4,28,29,31). The zero-order valence-corrected chi connectivity index (χ0v) is 23.3. The third-order valence-electron chi connectivity index (χ3n) is 6.29. The smallest absolute Gasteiger partial charge is 0.245 e. The minimum atomic E-state index is -0.945. The molecule has 0 aliphatic carbocycles. The summed E-state index contributed by atoms with van der Waals surface area (Å²) in [5, 5.41) is 7.76. The van der Waals surface area contributed by atoms with Crippen LogP contribution in [0.15, 0.2) is 9.98 Å². The van der Waals surface area contributed by atoms with Gasteiger partial charge in [-0.1, -0.05) is 13.8 Å². The number of hydrogen-bond acceptors (Lipinski definition) is 8. The summed E-state index contributed by atoms with van der Waals surface area (Å²) in [5.74, 6) is -2.55. The highest BCUT2D eigenvalue weighted by Gasteiger charge is 2.34. The van der Waals surface area contributed by atoms with Crippen molar-refractivity contribution in [3.8, 4) is 0 Å². The Balaban J connectivity index is 2.73.